The molecule has 0 amide bonds. The summed E-state index contributed by atoms with van der Waals surface area (Å²) in [6.45, 7) is 5.26. The van der Waals surface area contributed by atoms with Gasteiger partial charge in [-0.15, -0.1) is 0 Å². The number of hydrogen-bond acceptors (Lipinski definition) is 3. The van der Waals surface area contributed by atoms with Crippen LogP contribution in [-0.2, 0) is 13.0 Å². The monoisotopic (exact) mass is 415 g/mol. The zero-order chi connectivity index (χ0) is 21.4. The van der Waals surface area contributed by atoms with Gasteiger partial charge in [-0.2, -0.15) is 10.2 Å². The standard InChI is InChI=1S/C25H26FN5/c1-25(2)12-22(27-14-18-15-28-30-24(18)17-7-4-3-5-8-17)21-16-29-31(23(21)13-25)20-10-6-9-19(26)11-20/h3-11,15-16,22,27H,12-14H2,1-2H3,(H,28,30)/t22-/m0/s1. The van der Waals surface area contributed by atoms with E-state index in [-0.39, 0.29) is 17.3 Å². The van der Waals surface area contributed by atoms with E-state index < -0.39 is 0 Å². The van der Waals surface area contributed by atoms with Crippen molar-refractivity contribution in [3.63, 3.8) is 0 Å². The summed E-state index contributed by atoms with van der Waals surface area (Å²) in [7, 11) is 0. The smallest absolute Gasteiger partial charge is 0.125 e. The molecule has 2 heterocycles. The molecule has 5 nitrogen and oxygen atoms in total. The van der Waals surface area contributed by atoms with Gasteiger partial charge in [0.25, 0.3) is 0 Å². The largest absolute Gasteiger partial charge is 0.306 e. The van der Waals surface area contributed by atoms with E-state index in [0.717, 1.165) is 41.0 Å². The molecule has 4 aromatic rings. The Labute approximate surface area is 181 Å². The second-order valence-electron chi connectivity index (χ2n) is 9.05. The van der Waals surface area contributed by atoms with Crippen molar-refractivity contribution in [2.24, 2.45) is 5.41 Å². The van der Waals surface area contributed by atoms with Crippen molar-refractivity contribution in [2.75, 3.05) is 0 Å². The van der Waals surface area contributed by atoms with Crippen LogP contribution in [0.1, 0.15) is 43.1 Å². The van der Waals surface area contributed by atoms with Crippen LogP contribution in [0.5, 0.6) is 0 Å². The molecule has 0 bridgehead atoms. The molecule has 1 aliphatic rings. The summed E-state index contributed by atoms with van der Waals surface area (Å²) in [5, 5.41) is 15.8. The number of aromatic nitrogens is 4. The highest BCUT2D eigenvalue weighted by atomic mass is 19.1. The van der Waals surface area contributed by atoms with Crippen molar-refractivity contribution in [2.45, 2.75) is 39.3 Å². The van der Waals surface area contributed by atoms with Crippen LogP contribution in [0.15, 0.2) is 67.0 Å². The molecule has 158 valence electrons. The molecule has 0 unspecified atom stereocenters. The van der Waals surface area contributed by atoms with E-state index in [9.17, 15) is 4.39 Å². The van der Waals surface area contributed by atoms with Crippen molar-refractivity contribution < 1.29 is 4.39 Å². The summed E-state index contributed by atoms with van der Waals surface area (Å²) >= 11 is 0. The predicted molar refractivity (Wildman–Crippen MR) is 119 cm³/mol. The summed E-state index contributed by atoms with van der Waals surface area (Å²) in [5.41, 5.74) is 6.50. The van der Waals surface area contributed by atoms with E-state index in [2.05, 4.69) is 46.6 Å². The van der Waals surface area contributed by atoms with Crippen molar-refractivity contribution in [1.82, 2.24) is 25.3 Å². The average molecular weight is 416 g/mol. The van der Waals surface area contributed by atoms with Gasteiger partial charge in [0.15, 0.2) is 0 Å². The fourth-order valence-corrected chi connectivity index (χ4v) is 4.59. The van der Waals surface area contributed by atoms with Crippen LogP contribution in [0.2, 0.25) is 0 Å². The van der Waals surface area contributed by atoms with Crippen molar-refractivity contribution >= 4 is 0 Å². The lowest BCUT2D eigenvalue weighted by Crippen LogP contribution is -2.33. The Morgan fingerprint density at radius 1 is 1.13 bits per heavy atom. The Hall–Kier alpha value is -3.25. The number of nitrogens with zero attached hydrogens (tertiary/aromatic N) is 3. The normalized spacial score (nSPS) is 17.5. The van der Waals surface area contributed by atoms with Crippen LogP contribution in [0.4, 0.5) is 4.39 Å². The Kier molecular flexibility index (Phi) is 4.94. The number of halogens is 1. The van der Waals surface area contributed by atoms with E-state index in [4.69, 9.17) is 0 Å². The number of aromatic amines is 1. The molecular weight excluding hydrogens is 389 g/mol. The first-order valence-corrected chi connectivity index (χ1v) is 10.6. The summed E-state index contributed by atoms with van der Waals surface area (Å²) in [6.07, 6.45) is 5.73. The van der Waals surface area contributed by atoms with Crippen molar-refractivity contribution in [3.05, 3.63) is 89.6 Å². The summed E-state index contributed by atoms with van der Waals surface area (Å²) in [5.74, 6) is -0.250. The molecule has 0 radical (unpaired) electrons. The first-order chi connectivity index (χ1) is 15.0. The Bertz CT molecular complexity index is 1190. The van der Waals surface area contributed by atoms with Gasteiger partial charge < -0.3 is 5.32 Å². The molecule has 0 spiro atoms. The Balaban J connectivity index is 1.43. The molecule has 5 rings (SSSR count). The molecule has 0 saturated carbocycles. The van der Waals surface area contributed by atoms with E-state index in [0.29, 0.717) is 6.54 Å². The number of H-pyrrole nitrogens is 1. The molecule has 0 fully saturated rings. The summed E-state index contributed by atoms with van der Waals surface area (Å²) in [4.78, 5) is 0. The lowest BCUT2D eigenvalue weighted by atomic mass is 9.74. The van der Waals surface area contributed by atoms with Crippen LogP contribution in [0.25, 0.3) is 16.9 Å². The molecule has 1 aliphatic carbocycles. The molecule has 6 heteroatoms. The summed E-state index contributed by atoms with van der Waals surface area (Å²) < 4.78 is 15.7. The molecule has 31 heavy (non-hydrogen) atoms. The van der Waals surface area contributed by atoms with Crippen LogP contribution in [0.3, 0.4) is 0 Å². The Morgan fingerprint density at radius 3 is 2.77 bits per heavy atom. The van der Waals surface area contributed by atoms with E-state index in [1.54, 1.807) is 6.07 Å². The van der Waals surface area contributed by atoms with E-state index in [1.807, 2.05) is 41.3 Å². The fraction of sp³-hybridized carbons (Fsp3) is 0.280. The van der Waals surface area contributed by atoms with E-state index in [1.165, 1.54) is 17.7 Å². The zero-order valence-corrected chi connectivity index (χ0v) is 17.8. The van der Waals surface area contributed by atoms with Gasteiger partial charge in [0, 0.05) is 29.4 Å². The maximum Gasteiger partial charge on any atom is 0.125 e. The Morgan fingerprint density at radius 2 is 1.97 bits per heavy atom. The van der Waals surface area contributed by atoms with Crippen LogP contribution >= 0.6 is 0 Å². The maximum atomic E-state index is 13.8. The minimum atomic E-state index is -0.250. The quantitative estimate of drug-likeness (QED) is 0.471. The minimum Gasteiger partial charge on any atom is -0.306 e. The van der Waals surface area contributed by atoms with Gasteiger partial charge in [-0.25, -0.2) is 9.07 Å². The lowest BCUT2D eigenvalue weighted by molar-refractivity contribution is 0.253. The van der Waals surface area contributed by atoms with Gasteiger partial charge in [0.1, 0.15) is 5.82 Å². The number of fused-ring (bicyclic) bond motifs is 1. The predicted octanol–water partition coefficient (Wildman–Crippen LogP) is 5.20. The SMILES string of the molecule is CC1(C)Cc2c(cnn2-c2cccc(F)c2)[C@@H](NCc2cn[nH]c2-c2ccccc2)C1. The third-order valence-corrected chi connectivity index (χ3v) is 6.05. The second kappa shape index (κ2) is 7.78. The molecule has 2 aromatic heterocycles. The van der Waals surface area contributed by atoms with Gasteiger partial charge in [-0.05, 0) is 42.0 Å². The molecule has 0 aliphatic heterocycles. The first-order valence-electron chi connectivity index (χ1n) is 10.6. The molecule has 2 N–H and O–H groups in total. The highest BCUT2D eigenvalue weighted by Gasteiger charge is 2.35. The fourth-order valence-electron chi connectivity index (χ4n) is 4.59. The van der Waals surface area contributed by atoms with Gasteiger partial charge in [-0.1, -0.05) is 50.2 Å². The molecule has 2 aromatic carbocycles. The zero-order valence-electron chi connectivity index (χ0n) is 17.8. The van der Waals surface area contributed by atoms with Crippen LogP contribution in [0, 0.1) is 11.2 Å². The van der Waals surface area contributed by atoms with Crippen LogP contribution in [-0.4, -0.2) is 20.0 Å². The lowest BCUT2D eigenvalue weighted by Gasteiger charge is -2.36. The average Bonchev–Trinajstić information content (AvgIpc) is 3.39. The second-order valence-corrected chi connectivity index (χ2v) is 9.05. The third-order valence-electron chi connectivity index (χ3n) is 6.05. The third kappa shape index (κ3) is 3.91. The maximum absolute atomic E-state index is 13.8. The van der Waals surface area contributed by atoms with Crippen molar-refractivity contribution in [3.8, 4) is 16.9 Å². The molecule has 0 saturated heterocycles. The van der Waals surface area contributed by atoms with Gasteiger partial charge in [-0.3, -0.25) is 5.10 Å². The van der Waals surface area contributed by atoms with Gasteiger partial charge >= 0.3 is 0 Å². The summed E-state index contributed by atoms with van der Waals surface area (Å²) in [6, 6.07) is 17.0. The number of hydrogen-bond donors (Lipinski definition) is 2. The molecule has 1 atom stereocenters. The highest BCUT2D eigenvalue weighted by molar-refractivity contribution is 5.62. The number of nitrogens with one attached hydrogen (secondary N) is 2. The highest BCUT2D eigenvalue weighted by Crippen LogP contribution is 2.41. The molecular formula is C25H26FN5. The number of benzene rings is 2. The first kappa shape index (κ1) is 19.7. The topological polar surface area (TPSA) is 58.5 Å². The van der Waals surface area contributed by atoms with E-state index >= 15 is 0 Å². The van der Waals surface area contributed by atoms with Crippen LogP contribution < -0.4 is 5.32 Å². The van der Waals surface area contributed by atoms with Gasteiger partial charge in [0.2, 0.25) is 0 Å². The minimum absolute atomic E-state index is 0.106. The van der Waals surface area contributed by atoms with Crippen molar-refractivity contribution in [1.29, 1.82) is 0 Å². The number of rotatable bonds is 5. The van der Waals surface area contributed by atoms with Gasteiger partial charge in [0.05, 0.1) is 23.8 Å².